The molecule has 26 heavy (non-hydrogen) atoms. The molecule has 1 heterocycles. The average molecular weight is 353 g/mol. The van der Waals surface area contributed by atoms with Crippen LogP contribution < -0.4 is 10.1 Å². The fraction of sp³-hybridized carbons (Fsp3) is 0.200. The number of furan rings is 1. The Morgan fingerprint density at radius 2 is 1.88 bits per heavy atom. The van der Waals surface area contributed by atoms with Crippen LogP contribution in [-0.2, 0) is 20.7 Å². The number of anilines is 1. The standard InChI is InChI=1S/C20H19NO5/c1-13-3-8-17-14(11-25-18(17)9-13)10-20(23)26-12-19(22)21-15-4-6-16(24-2)7-5-15/h3-9,11H,10,12H2,1-2H3,(H,21,22). The highest BCUT2D eigenvalue weighted by Gasteiger charge is 2.13. The van der Waals surface area contributed by atoms with Crippen molar-refractivity contribution in [2.75, 3.05) is 19.0 Å². The molecule has 6 heteroatoms. The van der Waals surface area contributed by atoms with E-state index in [1.165, 1.54) is 0 Å². The predicted molar refractivity (Wildman–Crippen MR) is 97.2 cm³/mol. The lowest BCUT2D eigenvalue weighted by molar-refractivity contribution is -0.146. The SMILES string of the molecule is COc1ccc(NC(=O)COC(=O)Cc2coc3cc(C)ccc23)cc1. The van der Waals surface area contributed by atoms with Crippen molar-refractivity contribution in [3.8, 4) is 5.75 Å². The van der Waals surface area contributed by atoms with Gasteiger partial charge in [-0.1, -0.05) is 12.1 Å². The van der Waals surface area contributed by atoms with Gasteiger partial charge in [-0.15, -0.1) is 0 Å². The molecule has 0 atom stereocenters. The van der Waals surface area contributed by atoms with Crippen molar-refractivity contribution in [1.29, 1.82) is 0 Å². The summed E-state index contributed by atoms with van der Waals surface area (Å²) in [6.45, 7) is 1.62. The van der Waals surface area contributed by atoms with E-state index in [0.29, 0.717) is 11.4 Å². The van der Waals surface area contributed by atoms with Gasteiger partial charge in [-0.05, 0) is 42.8 Å². The molecule has 1 N–H and O–H groups in total. The number of hydrogen-bond donors (Lipinski definition) is 1. The Balaban J connectivity index is 1.52. The molecule has 0 aliphatic heterocycles. The van der Waals surface area contributed by atoms with Gasteiger partial charge in [0.25, 0.3) is 5.91 Å². The number of hydrogen-bond acceptors (Lipinski definition) is 5. The molecule has 134 valence electrons. The molecule has 0 unspecified atom stereocenters. The van der Waals surface area contributed by atoms with E-state index in [1.54, 1.807) is 37.6 Å². The van der Waals surface area contributed by atoms with Crippen LogP contribution >= 0.6 is 0 Å². The molecular weight excluding hydrogens is 334 g/mol. The quantitative estimate of drug-likeness (QED) is 0.687. The molecule has 0 spiro atoms. The maximum Gasteiger partial charge on any atom is 0.310 e. The van der Waals surface area contributed by atoms with Gasteiger partial charge in [0.15, 0.2) is 6.61 Å². The average Bonchev–Trinajstić information content (AvgIpc) is 3.02. The predicted octanol–water partition coefficient (Wildman–Crippen LogP) is 3.47. The topological polar surface area (TPSA) is 77.8 Å². The minimum Gasteiger partial charge on any atom is -0.497 e. The van der Waals surface area contributed by atoms with Crippen LogP contribution in [0.1, 0.15) is 11.1 Å². The van der Waals surface area contributed by atoms with Gasteiger partial charge in [0.05, 0.1) is 19.8 Å². The van der Waals surface area contributed by atoms with Crippen molar-refractivity contribution in [2.45, 2.75) is 13.3 Å². The molecule has 0 saturated heterocycles. The normalized spacial score (nSPS) is 10.5. The molecule has 0 aliphatic carbocycles. The van der Waals surface area contributed by atoms with E-state index in [-0.39, 0.29) is 13.0 Å². The van der Waals surface area contributed by atoms with Crippen molar-refractivity contribution in [2.24, 2.45) is 0 Å². The highest BCUT2D eigenvalue weighted by Crippen LogP contribution is 2.23. The number of fused-ring (bicyclic) bond motifs is 1. The monoisotopic (exact) mass is 353 g/mol. The molecule has 1 aromatic heterocycles. The summed E-state index contributed by atoms with van der Waals surface area (Å²) >= 11 is 0. The minimum absolute atomic E-state index is 0.0475. The number of carbonyl (C=O) groups is 2. The van der Waals surface area contributed by atoms with Crippen molar-refractivity contribution in [3.05, 3.63) is 59.9 Å². The summed E-state index contributed by atoms with van der Waals surface area (Å²) in [5.41, 5.74) is 3.14. The molecule has 0 radical (unpaired) electrons. The van der Waals surface area contributed by atoms with Gasteiger partial charge >= 0.3 is 5.97 Å². The van der Waals surface area contributed by atoms with E-state index >= 15 is 0 Å². The van der Waals surface area contributed by atoms with Crippen LogP contribution in [-0.4, -0.2) is 25.6 Å². The van der Waals surface area contributed by atoms with Gasteiger partial charge < -0.3 is 19.2 Å². The highest BCUT2D eigenvalue weighted by atomic mass is 16.5. The second-order valence-corrected chi connectivity index (χ2v) is 5.87. The van der Waals surface area contributed by atoms with Gasteiger partial charge in [0.1, 0.15) is 11.3 Å². The zero-order valence-corrected chi connectivity index (χ0v) is 14.6. The third-order valence-electron chi connectivity index (χ3n) is 3.88. The summed E-state index contributed by atoms with van der Waals surface area (Å²) in [6.07, 6.45) is 1.59. The first-order valence-corrected chi connectivity index (χ1v) is 8.11. The third-order valence-corrected chi connectivity index (χ3v) is 3.88. The van der Waals surface area contributed by atoms with E-state index in [9.17, 15) is 9.59 Å². The molecule has 1 amide bonds. The second kappa shape index (κ2) is 7.74. The Labute approximate surface area is 150 Å². The second-order valence-electron chi connectivity index (χ2n) is 5.87. The molecule has 6 nitrogen and oxygen atoms in total. The summed E-state index contributed by atoms with van der Waals surface area (Å²) < 4.78 is 15.6. The fourth-order valence-corrected chi connectivity index (χ4v) is 2.55. The molecule has 0 fully saturated rings. The Morgan fingerprint density at radius 1 is 1.12 bits per heavy atom. The number of methoxy groups -OCH3 is 1. The van der Waals surface area contributed by atoms with Gasteiger partial charge in [0, 0.05) is 16.6 Å². The molecule has 2 aromatic carbocycles. The Morgan fingerprint density at radius 3 is 2.62 bits per heavy atom. The van der Waals surface area contributed by atoms with Crippen LogP contribution in [0.2, 0.25) is 0 Å². The van der Waals surface area contributed by atoms with Gasteiger partial charge in [-0.2, -0.15) is 0 Å². The number of rotatable bonds is 6. The molecule has 3 aromatic rings. The van der Waals surface area contributed by atoms with Gasteiger partial charge in [-0.3, -0.25) is 9.59 Å². The first kappa shape index (κ1) is 17.5. The summed E-state index contributed by atoms with van der Waals surface area (Å²) in [5.74, 6) is -0.202. The fourth-order valence-electron chi connectivity index (χ4n) is 2.55. The summed E-state index contributed by atoms with van der Waals surface area (Å²) in [7, 11) is 1.57. The van der Waals surface area contributed by atoms with Crippen LogP contribution in [0.25, 0.3) is 11.0 Å². The highest BCUT2D eigenvalue weighted by molar-refractivity contribution is 5.93. The lowest BCUT2D eigenvalue weighted by Gasteiger charge is -2.07. The van der Waals surface area contributed by atoms with Gasteiger partial charge in [0.2, 0.25) is 0 Å². The van der Waals surface area contributed by atoms with Crippen LogP contribution in [0.3, 0.4) is 0 Å². The summed E-state index contributed by atoms with van der Waals surface area (Å²) in [5, 5.41) is 3.52. The largest absolute Gasteiger partial charge is 0.497 e. The lowest BCUT2D eigenvalue weighted by atomic mass is 10.1. The lowest BCUT2D eigenvalue weighted by Crippen LogP contribution is -2.21. The smallest absolute Gasteiger partial charge is 0.310 e. The zero-order valence-electron chi connectivity index (χ0n) is 14.6. The number of esters is 1. The Kier molecular flexibility index (Phi) is 5.22. The third kappa shape index (κ3) is 4.22. The summed E-state index contributed by atoms with van der Waals surface area (Å²) in [6, 6.07) is 12.6. The molecule has 0 bridgehead atoms. The number of aryl methyl sites for hydroxylation is 1. The maximum absolute atomic E-state index is 12.0. The van der Waals surface area contributed by atoms with Crippen molar-refractivity contribution >= 4 is 28.5 Å². The molecule has 3 rings (SSSR count). The molecule has 0 saturated carbocycles. The van der Waals surface area contributed by atoms with Crippen LogP contribution in [0, 0.1) is 6.92 Å². The number of nitrogens with one attached hydrogen (secondary N) is 1. The Hall–Kier alpha value is -3.28. The van der Waals surface area contributed by atoms with Crippen molar-refractivity contribution < 1.29 is 23.5 Å². The maximum atomic E-state index is 12.0. The number of amides is 1. The Bertz CT molecular complexity index is 927. The first-order valence-electron chi connectivity index (χ1n) is 8.11. The van der Waals surface area contributed by atoms with Crippen LogP contribution in [0.15, 0.2) is 53.1 Å². The number of benzene rings is 2. The van der Waals surface area contributed by atoms with Crippen molar-refractivity contribution in [3.63, 3.8) is 0 Å². The summed E-state index contributed by atoms with van der Waals surface area (Å²) in [4.78, 5) is 23.9. The van der Waals surface area contributed by atoms with E-state index in [4.69, 9.17) is 13.9 Å². The van der Waals surface area contributed by atoms with Crippen LogP contribution in [0.5, 0.6) is 5.75 Å². The van der Waals surface area contributed by atoms with E-state index < -0.39 is 11.9 Å². The van der Waals surface area contributed by atoms with Gasteiger partial charge in [-0.25, -0.2) is 0 Å². The van der Waals surface area contributed by atoms with Crippen molar-refractivity contribution in [1.82, 2.24) is 0 Å². The van der Waals surface area contributed by atoms with E-state index in [0.717, 1.165) is 22.1 Å². The van der Waals surface area contributed by atoms with E-state index in [2.05, 4.69) is 5.32 Å². The number of ether oxygens (including phenoxy) is 2. The zero-order chi connectivity index (χ0) is 18.5. The molecule has 0 aliphatic rings. The number of carbonyl (C=O) groups excluding carboxylic acids is 2. The first-order chi connectivity index (χ1) is 12.5. The van der Waals surface area contributed by atoms with Crippen LogP contribution in [0.4, 0.5) is 5.69 Å². The molecular formula is C20H19NO5. The minimum atomic E-state index is -0.488. The van der Waals surface area contributed by atoms with E-state index in [1.807, 2.05) is 25.1 Å².